The second kappa shape index (κ2) is 7.93. The summed E-state index contributed by atoms with van der Waals surface area (Å²) in [4.78, 5) is 18.7. The van der Waals surface area contributed by atoms with Crippen LogP contribution in [0.5, 0.6) is 5.75 Å². The monoisotopic (exact) mass is 325 g/mol. The average Bonchev–Trinajstić information content (AvgIpc) is 2.67. The van der Waals surface area contributed by atoms with Crippen molar-refractivity contribution in [2.24, 2.45) is 0 Å². The van der Waals surface area contributed by atoms with Crippen LogP contribution in [0.15, 0.2) is 48.8 Å². The molecule has 1 aliphatic heterocycles. The van der Waals surface area contributed by atoms with Gasteiger partial charge in [0.05, 0.1) is 6.04 Å². The van der Waals surface area contributed by atoms with Crippen LogP contribution in [0, 0.1) is 0 Å². The number of amides is 1. The summed E-state index contributed by atoms with van der Waals surface area (Å²) >= 11 is 0. The van der Waals surface area contributed by atoms with Gasteiger partial charge in [-0.2, -0.15) is 0 Å². The van der Waals surface area contributed by atoms with Gasteiger partial charge in [0, 0.05) is 32.0 Å². The number of aryl methyl sites for hydroxylation is 1. The van der Waals surface area contributed by atoms with Crippen LogP contribution in [-0.2, 0) is 11.2 Å². The molecule has 1 fully saturated rings. The Morgan fingerprint density at radius 1 is 1.33 bits per heavy atom. The molecule has 5 nitrogen and oxygen atoms in total. The molecule has 1 aromatic carbocycles. The lowest BCUT2D eigenvalue weighted by atomic mass is 10.1. The van der Waals surface area contributed by atoms with E-state index in [1.54, 1.807) is 6.20 Å². The van der Waals surface area contributed by atoms with E-state index in [1.807, 2.05) is 47.5 Å². The number of rotatable bonds is 5. The maximum Gasteiger partial charge on any atom is 0.261 e. The van der Waals surface area contributed by atoms with Crippen LogP contribution < -0.4 is 10.1 Å². The minimum absolute atomic E-state index is 0.00456. The highest BCUT2D eigenvalue weighted by molar-refractivity contribution is 5.78. The number of aromatic nitrogens is 1. The molecule has 1 N–H and O–H groups in total. The van der Waals surface area contributed by atoms with Crippen LogP contribution >= 0.6 is 0 Å². The number of hydrogen-bond donors (Lipinski definition) is 1. The third-order valence-electron chi connectivity index (χ3n) is 4.33. The molecule has 2 heterocycles. The summed E-state index contributed by atoms with van der Waals surface area (Å²) in [6.07, 6.45) is 4.56. The van der Waals surface area contributed by atoms with E-state index in [4.69, 9.17) is 4.74 Å². The molecule has 1 amide bonds. The van der Waals surface area contributed by atoms with Crippen molar-refractivity contribution in [3.8, 4) is 5.75 Å². The van der Waals surface area contributed by atoms with Gasteiger partial charge in [-0.25, -0.2) is 0 Å². The van der Waals surface area contributed by atoms with Gasteiger partial charge >= 0.3 is 0 Å². The summed E-state index contributed by atoms with van der Waals surface area (Å²) < 4.78 is 5.68. The number of nitrogens with zero attached hydrogens (tertiary/aromatic N) is 2. The first-order valence-electron chi connectivity index (χ1n) is 8.39. The normalized spacial score (nSPS) is 17.5. The zero-order valence-electron chi connectivity index (χ0n) is 13.9. The largest absolute Gasteiger partial charge is 0.484 e. The van der Waals surface area contributed by atoms with Crippen LogP contribution in [0.4, 0.5) is 0 Å². The summed E-state index contributed by atoms with van der Waals surface area (Å²) in [7, 11) is 0. The van der Waals surface area contributed by atoms with Crippen LogP contribution in [-0.4, -0.2) is 42.0 Å². The average molecular weight is 325 g/mol. The molecule has 2 aromatic rings. The Morgan fingerprint density at radius 2 is 2.17 bits per heavy atom. The summed E-state index contributed by atoms with van der Waals surface area (Å²) in [5, 5.41) is 3.34. The molecule has 1 atom stereocenters. The lowest BCUT2D eigenvalue weighted by Gasteiger charge is -2.36. The molecule has 3 rings (SSSR count). The van der Waals surface area contributed by atoms with Crippen LogP contribution in [0.3, 0.4) is 0 Å². The molecule has 24 heavy (non-hydrogen) atoms. The Balaban J connectivity index is 1.63. The number of nitrogens with one attached hydrogen (secondary N) is 1. The van der Waals surface area contributed by atoms with Gasteiger partial charge in [0.25, 0.3) is 5.91 Å². The maximum absolute atomic E-state index is 12.6. The predicted molar refractivity (Wildman–Crippen MR) is 92.9 cm³/mol. The van der Waals surface area contributed by atoms with Gasteiger partial charge in [0.2, 0.25) is 0 Å². The maximum atomic E-state index is 12.6. The molecule has 0 radical (unpaired) electrons. The quantitative estimate of drug-likeness (QED) is 0.916. The highest BCUT2D eigenvalue weighted by atomic mass is 16.5. The molecule has 0 bridgehead atoms. The van der Waals surface area contributed by atoms with Crippen molar-refractivity contribution < 1.29 is 9.53 Å². The van der Waals surface area contributed by atoms with E-state index in [1.165, 1.54) is 5.56 Å². The van der Waals surface area contributed by atoms with Crippen molar-refractivity contribution in [3.05, 3.63) is 59.9 Å². The number of hydrogen-bond acceptors (Lipinski definition) is 4. The Labute approximate surface area is 142 Å². The Hall–Kier alpha value is -2.40. The first-order chi connectivity index (χ1) is 11.8. The highest BCUT2D eigenvalue weighted by Gasteiger charge is 2.28. The van der Waals surface area contributed by atoms with Gasteiger partial charge in [-0.1, -0.05) is 25.1 Å². The smallest absolute Gasteiger partial charge is 0.261 e. The van der Waals surface area contributed by atoms with E-state index in [0.29, 0.717) is 6.54 Å². The Bertz CT molecular complexity index is 658. The van der Waals surface area contributed by atoms with Gasteiger partial charge in [0.1, 0.15) is 5.75 Å². The molecular formula is C19H23N3O2. The molecule has 1 saturated heterocycles. The summed E-state index contributed by atoms with van der Waals surface area (Å²) in [6.45, 7) is 4.39. The van der Waals surface area contributed by atoms with E-state index in [-0.39, 0.29) is 18.6 Å². The van der Waals surface area contributed by atoms with E-state index >= 15 is 0 Å². The van der Waals surface area contributed by atoms with Gasteiger partial charge in [-0.3, -0.25) is 9.78 Å². The molecule has 0 saturated carbocycles. The van der Waals surface area contributed by atoms with E-state index in [2.05, 4.69) is 17.2 Å². The van der Waals surface area contributed by atoms with Crippen LogP contribution in [0.2, 0.25) is 0 Å². The number of carbonyl (C=O) groups excluding carboxylic acids is 1. The van der Waals surface area contributed by atoms with Gasteiger partial charge < -0.3 is 15.0 Å². The first-order valence-corrected chi connectivity index (χ1v) is 8.39. The molecule has 5 heteroatoms. The third-order valence-corrected chi connectivity index (χ3v) is 4.33. The van der Waals surface area contributed by atoms with Gasteiger partial charge in [0.15, 0.2) is 6.61 Å². The third kappa shape index (κ3) is 3.92. The number of piperazine rings is 1. The number of pyridine rings is 1. The molecule has 1 aromatic heterocycles. The van der Waals surface area contributed by atoms with Crippen molar-refractivity contribution in [2.75, 3.05) is 26.2 Å². The molecule has 126 valence electrons. The second-order valence-electron chi connectivity index (χ2n) is 5.88. The van der Waals surface area contributed by atoms with Crippen molar-refractivity contribution >= 4 is 5.91 Å². The van der Waals surface area contributed by atoms with Crippen LogP contribution in [0.1, 0.15) is 24.1 Å². The van der Waals surface area contributed by atoms with Crippen molar-refractivity contribution in [3.63, 3.8) is 0 Å². The zero-order valence-corrected chi connectivity index (χ0v) is 13.9. The molecule has 0 spiro atoms. The molecule has 0 aliphatic carbocycles. The summed E-state index contributed by atoms with van der Waals surface area (Å²) in [5.41, 5.74) is 2.30. The fourth-order valence-electron chi connectivity index (χ4n) is 2.92. The highest BCUT2D eigenvalue weighted by Crippen LogP contribution is 2.22. The summed E-state index contributed by atoms with van der Waals surface area (Å²) in [5.74, 6) is 0.735. The van der Waals surface area contributed by atoms with E-state index in [0.717, 1.165) is 30.8 Å². The minimum Gasteiger partial charge on any atom is -0.484 e. The SMILES string of the molecule is CCc1ccc(OCC(=O)N2CCNCC2c2cccnc2)cc1. The van der Waals surface area contributed by atoms with Crippen LogP contribution in [0.25, 0.3) is 0 Å². The Morgan fingerprint density at radius 3 is 2.88 bits per heavy atom. The first kappa shape index (κ1) is 16.5. The lowest BCUT2D eigenvalue weighted by molar-refractivity contribution is -0.136. The lowest BCUT2D eigenvalue weighted by Crippen LogP contribution is -2.50. The van der Waals surface area contributed by atoms with Gasteiger partial charge in [-0.15, -0.1) is 0 Å². The molecular weight excluding hydrogens is 302 g/mol. The second-order valence-corrected chi connectivity index (χ2v) is 5.88. The predicted octanol–water partition coefficient (Wildman–Crippen LogP) is 2.20. The van der Waals surface area contributed by atoms with Gasteiger partial charge in [-0.05, 0) is 35.7 Å². The standard InChI is InChI=1S/C19H23N3O2/c1-2-15-5-7-17(8-6-15)24-14-19(23)22-11-10-21-13-18(22)16-4-3-9-20-12-16/h3-9,12,18,21H,2,10-11,13-14H2,1H3. The number of ether oxygens (including phenoxy) is 1. The van der Waals surface area contributed by atoms with Crippen molar-refractivity contribution in [2.45, 2.75) is 19.4 Å². The fourth-order valence-corrected chi connectivity index (χ4v) is 2.92. The minimum atomic E-state index is 0.00456. The zero-order chi connectivity index (χ0) is 16.8. The number of benzene rings is 1. The molecule has 1 aliphatic rings. The van der Waals surface area contributed by atoms with Crippen molar-refractivity contribution in [1.29, 1.82) is 0 Å². The van der Waals surface area contributed by atoms with E-state index in [9.17, 15) is 4.79 Å². The topological polar surface area (TPSA) is 54.5 Å². The Kier molecular flexibility index (Phi) is 5.43. The fraction of sp³-hybridized carbons (Fsp3) is 0.368. The van der Waals surface area contributed by atoms with E-state index < -0.39 is 0 Å². The molecule has 1 unspecified atom stereocenters. The number of carbonyl (C=O) groups is 1. The summed E-state index contributed by atoms with van der Waals surface area (Å²) in [6, 6.07) is 11.8. The van der Waals surface area contributed by atoms with Crippen molar-refractivity contribution in [1.82, 2.24) is 15.2 Å².